The van der Waals surface area contributed by atoms with Gasteiger partial charge in [0.2, 0.25) is 11.8 Å². The third-order valence-corrected chi connectivity index (χ3v) is 9.05. The number of rotatable bonds is 11. The molecular formula is C30H34ClN3O4S. The summed E-state index contributed by atoms with van der Waals surface area (Å²) in [5.41, 5.74) is 1.15. The number of nitrogens with one attached hydrogen (secondary N) is 1. The average Bonchev–Trinajstić information content (AvgIpc) is 3.46. The van der Waals surface area contributed by atoms with Crippen LogP contribution in [0.5, 0.6) is 0 Å². The monoisotopic (exact) mass is 567 g/mol. The predicted octanol–water partition coefficient (Wildman–Crippen LogP) is 5.40. The summed E-state index contributed by atoms with van der Waals surface area (Å²) >= 11 is 6.07. The van der Waals surface area contributed by atoms with Crippen molar-refractivity contribution in [3.05, 3.63) is 95.5 Å². The Balaban J connectivity index is 1.68. The maximum absolute atomic E-state index is 14.0. The van der Waals surface area contributed by atoms with Gasteiger partial charge in [-0.2, -0.15) is 0 Å². The average molecular weight is 568 g/mol. The number of sulfonamides is 1. The van der Waals surface area contributed by atoms with E-state index in [0.717, 1.165) is 35.6 Å². The molecule has 1 N–H and O–H groups in total. The summed E-state index contributed by atoms with van der Waals surface area (Å²) in [7, 11) is -4.06. The molecule has 0 heterocycles. The Kier molecular flexibility index (Phi) is 9.64. The summed E-state index contributed by atoms with van der Waals surface area (Å²) in [6.07, 6.45) is 4.36. The molecule has 1 aliphatic carbocycles. The van der Waals surface area contributed by atoms with Crippen molar-refractivity contribution in [3.8, 4) is 0 Å². The van der Waals surface area contributed by atoms with Crippen molar-refractivity contribution < 1.29 is 18.0 Å². The molecular weight excluding hydrogens is 534 g/mol. The first-order chi connectivity index (χ1) is 18.8. The third kappa shape index (κ3) is 7.19. The van der Waals surface area contributed by atoms with E-state index in [1.807, 2.05) is 6.92 Å². The normalized spacial score (nSPS) is 14.5. The Morgan fingerprint density at radius 1 is 0.923 bits per heavy atom. The van der Waals surface area contributed by atoms with Crippen molar-refractivity contribution >= 4 is 39.1 Å². The summed E-state index contributed by atoms with van der Waals surface area (Å²) in [5.74, 6) is -0.689. The molecule has 0 bridgehead atoms. The molecule has 3 aromatic carbocycles. The van der Waals surface area contributed by atoms with E-state index in [4.69, 9.17) is 11.6 Å². The number of carbonyl (C=O) groups excluding carboxylic acids is 2. The van der Waals surface area contributed by atoms with Crippen LogP contribution in [0, 0.1) is 0 Å². The minimum Gasteiger partial charge on any atom is -0.352 e. The highest BCUT2D eigenvalue weighted by Gasteiger charge is 2.34. The molecule has 1 aliphatic rings. The molecule has 0 saturated heterocycles. The van der Waals surface area contributed by atoms with Gasteiger partial charge >= 0.3 is 0 Å². The largest absolute Gasteiger partial charge is 0.352 e. The quantitative estimate of drug-likeness (QED) is 0.336. The molecule has 3 aromatic rings. The molecule has 7 nitrogen and oxygen atoms in total. The van der Waals surface area contributed by atoms with E-state index in [9.17, 15) is 18.0 Å². The Hall–Kier alpha value is -3.36. The maximum atomic E-state index is 14.0. The lowest BCUT2D eigenvalue weighted by Gasteiger charge is -2.33. The van der Waals surface area contributed by atoms with Crippen LogP contribution in [0.2, 0.25) is 5.02 Å². The summed E-state index contributed by atoms with van der Waals surface area (Å²) < 4.78 is 28.6. The van der Waals surface area contributed by atoms with Gasteiger partial charge in [0.05, 0.1) is 10.6 Å². The number of nitrogens with zero attached hydrogens (tertiary/aromatic N) is 2. The Morgan fingerprint density at radius 2 is 1.51 bits per heavy atom. The van der Waals surface area contributed by atoms with Gasteiger partial charge in [0.15, 0.2) is 0 Å². The summed E-state index contributed by atoms with van der Waals surface area (Å²) in [6.45, 7) is 1.54. The molecule has 0 aliphatic heterocycles. The molecule has 1 atom stereocenters. The first kappa shape index (κ1) is 28.6. The van der Waals surface area contributed by atoms with Crippen LogP contribution < -0.4 is 9.62 Å². The summed E-state index contributed by atoms with van der Waals surface area (Å²) in [5, 5.41) is 3.68. The third-order valence-electron chi connectivity index (χ3n) is 7.01. The molecule has 9 heteroatoms. The number of para-hydroxylation sites is 1. The van der Waals surface area contributed by atoms with Gasteiger partial charge in [-0.3, -0.25) is 13.9 Å². The van der Waals surface area contributed by atoms with Gasteiger partial charge in [-0.05, 0) is 61.2 Å². The molecule has 1 saturated carbocycles. The van der Waals surface area contributed by atoms with Crippen molar-refractivity contribution in [3.63, 3.8) is 0 Å². The van der Waals surface area contributed by atoms with Crippen LogP contribution in [0.25, 0.3) is 0 Å². The van der Waals surface area contributed by atoms with Crippen LogP contribution in [0.1, 0.15) is 44.6 Å². The van der Waals surface area contributed by atoms with Gasteiger partial charge in [-0.15, -0.1) is 0 Å². The predicted molar refractivity (Wildman–Crippen MR) is 154 cm³/mol. The van der Waals surface area contributed by atoms with Gasteiger partial charge < -0.3 is 10.2 Å². The van der Waals surface area contributed by atoms with E-state index in [1.165, 1.54) is 17.0 Å². The van der Waals surface area contributed by atoms with Crippen molar-refractivity contribution in [2.75, 3.05) is 10.8 Å². The molecule has 0 spiro atoms. The minimum absolute atomic E-state index is 0.0805. The van der Waals surface area contributed by atoms with Gasteiger partial charge in [-0.1, -0.05) is 79.9 Å². The van der Waals surface area contributed by atoms with E-state index in [2.05, 4.69) is 5.32 Å². The van der Waals surface area contributed by atoms with Crippen molar-refractivity contribution in [2.24, 2.45) is 0 Å². The van der Waals surface area contributed by atoms with E-state index in [-0.39, 0.29) is 23.4 Å². The van der Waals surface area contributed by atoms with Crippen molar-refractivity contribution in [2.45, 2.75) is 62.6 Å². The van der Waals surface area contributed by atoms with E-state index < -0.39 is 28.5 Å². The fraction of sp³-hybridized carbons (Fsp3) is 0.333. The van der Waals surface area contributed by atoms with Crippen molar-refractivity contribution in [1.29, 1.82) is 0 Å². The van der Waals surface area contributed by atoms with E-state index in [0.29, 0.717) is 17.1 Å². The highest BCUT2D eigenvalue weighted by molar-refractivity contribution is 7.92. The molecule has 0 radical (unpaired) electrons. The Labute approximate surface area is 235 Å². The second-order valence-corrected chi connectivity index (χ2v) is 12.0. The second-order valence-electron chi connectivity index (χ2n) is 9.72. The molecule has 4 rings (SSSR count). The van der Waals surface area contributed by atoms with Crippen LogP contribution in [0.4, 0.5) is 5.69 Å². The number of hydrogen-bond acceptors (Lipinski definition) is 4. The number of carbonyl (C=O) groups is 2. The molecule has 2 amide bonds. The highest BCUT2D eigenvalue weighted by Crippen LogP contribution is 2.25. The number of hydrogen-bond donors (Lipinski definition) is 1. The molecule has 1 fully saturated rings. The first-order valence-corrected chi connectivity index (χ1v) is 15.1. The smallest absolute Gasteiger partial charge is 0.264 e. The van der Waals surface area contributed by atoms with Crippen LogP contribution >= 0.6 is 11.6 Å². The van der Waals surface area contributed by atoms with Gasteiger partial charge in [0.25, 0.3) is 10.0 Å². The maximum Gasteiger partial charge on any atom is 0.264 e. The highest BCUT2D eigenvalue weighted by atomic mass is 35.5. The van der Waals surface area contributed by atoms with Crippen LogP contribution in [0.15, 0.2) is 89.8 Å². The zero-order valence-corrected chi connectivity index (χ0v) is 23.6. The number of benzene rings is 3. The summed E-state index contributed by atoms with van der Waals surface area (Å²) in [4.78, 5) is 29.0. The lowest BCUT2D eigenvalue weighted by atomic mass is 10.1. The molecule has 39 heavy (non-hydrogen) atoms. The van der Waals surface area contributed by atoms with Gasteiger partial charge in [0.1, 0.15) is 12.6 Å². The Bertz CT molecular complexity index is 1350. The van der Waals surface area contributed by atoms with Crippen LogP contribution in [-0.4, -0.2) is 43.8 Å². The zero-order valence-electron chi connectivity index (χ0n) is 22.0. The fourth-order valence-corrected chi connectivity index (χ4v) is 6.48. The van der Waals surface area contributed by atoms with Crippen LogP contribution in [0.3, 0.4) is 0 Å². The van der Waals surface area contributed by atoms with Gasteiger partial charge in [-0.25, -0.2) is 8.42 Å². The second kappa shape index (κ2) is 13.1. The SMILES string of the molecule is CC[C@@H](C(=O)NC1CCCC1)N(Cc1ccc(Cl)cc1)C(=O)CN(c1ccccc1)S(=O)(=O)c1ccccc1. The Morgan fingerprint density at radius 3 is 2.10 bits per heavy atom. The lowest BCUT2D eigenvalue weighted by molar-refractivity contribution is -0.140. The standard InChI is InChI=1S/C30H34ClN3O4S/c1-2-28(30(36)32-25-11-9-10-12-25)33(21-23-17-19-24(31)20-18-23)29(35)22-34(26-13-5-3-6-14-26)39(37,38)27-15-7-4-8-16-27/h3-8,13-20,25,28H,2,9-12,21-22H2,1H3,(H,32,36)/t28-/m0/s1. The summed E-state index contributed by atoms with van der Waals surface area (Å²) in [6, 6.07) is 23.0. The first-order valence-electron chi connectivity index (χ1n) is 13.3. The topological polar surface area (TPSA) is 86.8 Å². The van der Waals surface area contributed by atoms with Gasteiger partial charge in [0, 0.05) is 17.6 Å². The zero-order chi connectivity index (χ0) is 27.8. The molecule has 0 unspecified atom stereocenters. The number of halogens is 1. The van der Waals surface area contributed by atoms with E-state index >= 15 is 0 Å². The van der Waals surface area contributed by atoms with Crippen molar-refractivity contribution in [1.82, 2.24) is 10.2 Å². The lowest BCUT2D eigenvalue weighted by Crippen LogP contribution is -2.53. The number of anilines is 1. The van der Waals surface area contributed by atoms with E-state index in [1.54, 1.807) is 72.8 Å². The molecule has 0 aromatic heterocycles. The van der Waals surface area contributed by atoms with Crippen LogP contribution in [-0.2, 0) is 26.2 Å². The minimum atomic E-state index is -4.06. The fourth-order valence-electron chi connectivity index (χ4n) is 4.92. The number of amides is 2. The molecule has 206 valence electrons.